The molecule has 0 aliphatic carbocycles. The van der Waals surface area contributed by atoms with Crippen molar-refractivity contribution in [3.05, 3.63) is 77.8 Å². The maximum Gasteiger partial charge on any atom is 0.373 e. The van der Waals surface area contributed by atoms with E-state index in [1.54, 1.807) is 16.8 Å². The van der Waals surface area contributed by atoms with Crippen LogP contribution in [0.2, 0.25) is 0 Å². The molecule has 130 valence electrons. The molecule has 0 radical (unpaired) electrons. The van der Waals surface area contributed by atoms with Gasteiger partial charge in [0, 0.05) is 5.39 Å². The van der Waals surface area contributed by atoms with Gasteiger partial charge >= 0.3 is 5.97 Å². The van der Waals surface area contributed by atoms with Crippen LogP contribution in [0, 0.1) is 5.82 Å². The molecule has 0 N–H and O–H groups in total. The van der Waals surface area contributed by atoms with E-state index in [1.165, 1.54) is 25.3 Å². The third-order valence-electron chi connectivity index (χ3n) is 4.11. The number of hydrogen-bond acceptors (Lipinski definition) is 4. The van der Waals surface area contributed by atoms with Gasteiger partial charge in [0.2, 0.25) is 5.76 Å². The number of furan rings is 1. The first-order valence-corrected chi connectivity index (χ1v) is 8.04. The molecule has 26 heavy (non-hydrogen) atoms. The summed E-state index contributed by atoms with van der Waals surface area (Å²) in [5, 5.41) is 5.34. The van der Waals surface area contributed by atoms with Crippen LogP contribution in [0.25, 0.3) is 22.4 Å². The summed E-state index contributed by atoms with van der Waals surface area (Å²) in [6.45, 7) is 0.491. The molecule has 6 heteroatoms. The molecule has 2 aromatic carbocycles. The summed E-state index contributed by atoms with van der Waals surface area (Å²) in [5.74, 6) is -0.382. The lowest BCUT2D eigenvalue weighted by Crippen LogP contribution is -2.01. The number of hydrogen-bond donors (Lipinski definition) is 0. The van der Waals surface area contributed by atoms with Gasteiger partial charge in [-0.1, -0.05) is 30.3 Å². The molecule has 0 amide bonds. The topological polar surface area (TPSA) is 57.3 Å². The Morgan fingerprint density at radius 2 is 1.96 bits per heavy atom. The van der Waals surface area contributed by atoms with Gasteiger partial charge in [0.1, 0.15) is 11.5 Å². The molecule has 4 aromatic rings. The highest BCUT2D eigenvalue weighted by molar-refractivity contribution is 5.93. The average Bonchev–Trinajstić information content (AvgIpc) is 3.27. The predicted octanol–water partition coefficient (Wildman–Crippen LogP) is 4.27. The summed E-state index contributed by atoms with van der Waals surface area (Å²) >= 11 is 0. The van der Waals surface area contributed by atoms with Gasteiger partial charge in [0.15, 0.2) is 5.76 Å². The van der Waals surface area contributed by atoms with Gasteiger partial charge < -0.3 is 9.15 Å². The van der Waals surface area contributed by atoms with E-state index in [2.05, 4.69) is 9.84 Å². The second-order valence-electron chi connectivity index (χ2n) is 5.81. The summed E-state index contributed by atoms with van der Waals surface area (Å²) in [4.78, 5) is 11.6. The van der Waals surface area contributed by atoms with Crippen LogP contribution in [-0.2, 0) is 11.3 Å². The van der Waals surface area contributed by atoms with E-state index < -0.39 is 5.97 Å². The first-order valence-electron chi connectivity index (χ1n) is 8.04. The van der Waals surface area contributed by atoms with Gasteiger partial charge in [0.05, 0.1) is 19.2 Å². The lowest BCUT2D eigenvalue weighted by molar-refractivity contribution is 0.0566. The number of methoxy groups -OCH3 is 1. The highest BCUT2D eigenvalue weighted by Gasteiger charge is 2.18. The van der Waals surface area contributed by atoms with Crippen LogP contribution in [0.4, 0.5) is 4.39 Å². The van der Waals surface area contributed by atoms with Gasteiger partial charge in [-0.25, -0.2) is 9.18 Å². The standard InChI is InChI=1S/C20H15FN2O3/c1-25-20(24)18-10-9-17(26-18)19-15-8-7-14(21)11-16(15)23(22-19)12-13-5-3-2-4-6-13/h2-11H,12H2,1H3. The Labute approximate surface area is 148 Å². The molecule has 2 aromatic heterocycles. The fourth-order valence-electron chi connectivity index (χ4n) is 2.88. The maximum atomic E-state index is 13.8. The second-order valence-corrected chi connectivity index (χ2v) is 5.81. The average molecular weight is 350 g/mol. The van der Waals surface area contributed by atoms with E-state index in [0.29, 0.717) is 23.5 Å². The molecular formula is C20H15FN2O3. The fourth-order valence-corrected chi connectivity index (χ4v) is 2.88. The molecular weight excluding hydrogens is 335 g/mol. The smallest absolute Gasteiger partial charge is 0.373 e. The summed E-state index contributed by atoms with van der Waals surface area (Å²) < 4.78 is 25.8. The number of carbonyl (C=O) groups excluding carboxylic acids is 1. The number of rotatable bonds is 4. The molecule has 4 rings (SSSR count). The zero-order chi connectivity index (χ0) is 18.1. The van der Waals surface area contributed by atoms with Crippen molar-refractivity contribution in [1.29, 1.82) is 0 Å². The van der Waals surface area contributed by atoms with Crippen LogP contribution in [0.1, 0.15) is 16.1 Å². The normalized spacial score (nSPS) is 11.0. The summed E-state index contributed by atoms with van der Waals surface area (Å²) in [6, 6.07) is 17.5. The number of ether oxygens (including phenoxy) is 1. The van der Waals surface area contributed by atoms with Crippen LogP contribution in [0.3, 0.4) is 0 Å². The monoisotopic (exact) mass is 350 g/mol. The first kappa shape index (κ1) is 16.1. The molecule has 0 bridgehead atoms. The largest absolute Gasteiger partial charge is 0.463 e. The van der Waals surface area contributed by atoms with Gasteiger partial charge in [0.25, 0.3) is 0 Å². The number of fused-ring (bicyclic) bond motifs is 1. The Bertz CT molecular complexity index is 1080. The van der Waals surface area contributed by atoms with Crippen molar-refractivity contribution >= 4 is 16.9 Å². The lowest BCUT2D eigenvalue weighted by Gasteiger charge is -2.03. The Morgan fingerprint density at radius 1 is 1.15 bits per heavy atom. The number of carbonyl (C=O) groups is 1. The highest BCUT2D eigenvalue weighted by Crippen LogP contribution is 2.30. The lowest BCUT2D eigenvalue weighted by atomic mass is 10.1. The number of aromatic nitrogens is 2. The second kappa shape index (κ2) is 6.48. The minimum absolute atomic E-state index is 0.0929. The Hall–Kier alpha value is -3.41. The van der Waals surface area contributed by atoms with Crippen LogP contribution < -0.4 is 0 Å². The van der Waals surface area contributed by atoms with Crippen molar-refractivity contribution in [3.63, 3.8) is 0 Å². The van der Waals surface area contributed by atoms with Gasteiger partial charge in [-0.05, 0) is 35.9 Å². The Kier molecular flexibility index (Phi) is 4.01. The van der Waals surface area contributed by atoms with Gasteiger partial charge in [-0.3, -0.25) is 4.68 Å². The Morgan fingerprint density at radius 3 is 2.73 bits per heavy atom. The zero-order valence-corrected chi connectivity index (χ0v) is 14.0. The molecule has 2 heterocycles. The van der Waals surface area contributed by atoms with E-state index in [0.717, 1.165) is 10.9 Å². The molecule has 0 aliphatic heterocycles. The number of nitrogens with zero attached hydrogens (tertiary/aromatic N) is 2. The molecule has 0 fully saturated rings. The van der Waals surface area contributed by atoms with Crippen LogP contribution >= 0.6 is 0 Å². The third-order valence-corrected chi connectivity index (χ3v) is 4.11. The van der Waals surface area contributed by atoms with Crippen LogP contribution in [0.15, 0.2) is 65.1 Å². The van der Waals surface area contributed by atoms with E-state index in [4.69, 9.17) is 4.42 Å². The molecule has 0 unspecified atom stereocenters. The molecule has 0 saturated carbocycles. The van der Waals surface area contributed by atoms with Crippen molar-refractivity contribution in [2.24, 2.45) is 0 Å². The summed E-state index contributed by atoms with van der Waals surface area (Å²) in [6.07, 6.45) is 0. The highest BCUT2D eigenvalue weighted by atomic mass is 19.1. The Balaban J connectivity index is 1.83. The number of esters is 1. The van der Waals surface area contributed by atoms with Crippen molar-refractivity contribution in [2.75, 3.05) is 7.11 Å². The van der Waals surface area contributed by atoms with E-state index >= 15 is 0 Å². The molecule has 0 saturated heterocycles. The fraction of sp³-hybridized carbons (Fsp3) is 0.100. The van der Waals surface area contributed by atoms with E-state index in [-0.39, 0.29) is 11.6 Å². The van der Waals surface area contributed by atoms with Crippen molar-refractivity contribution in [2.45, 2.75) is 6.54 Å². The van der Waals surface area contributed by atoms with Crippen molar-refractivity contribution in [3.8, 4) is 11.5 Å². The van der Waals surface area contributed by atoms with Crippen LogP contribution in [0.5, 0.6) is 0 Å². The minimum atomic E-state index is -0.560. The minimum Gasteiger partial charge on any atom is -0.463 e. The summed E-state index contributed by atoms with van der Waals surface area (Å²) in [5.41, 5.74) is 2.24. The van der Waals surface area contributed by atoms with Gasteiger partial charge in [-0.2, -0.15) is 5.10 Å². The van der Waals surface area contributed by atoms with Crippen molar-refractivity contribution in [1.82, 2.24) is 9.78 Å². The van der Waals surface area contributed by atoms with E-state index in [1.807, 2.05) is 30.3 Å². The molecule has 0 atom stereocenters. The zero-order valence-electron chi connectivity index (χ0n) is 14.0. The van der Waals surface area contributed by atoms with E-state index in [9.17, 15) is 9.18 Å². The molecule has 5 nitrogen and oxygen atoms in total. The van der Waals surface area contributed by atoms with Crippen molar-refractivity contribution < 1.29 is 18.3 Å². The molecule has 0 aliphatic rings. The third kappa shape index (κ3) is 2.86. The predicted molar refractivity (Wildman–Crippen MR) is 94.3 cm³/mol. The van der Waals surface area contributed by atoms with Crippen LogP contribution in [-0.4, -0.2) is 22.9 Å². The maximum absolute atomic E-state index is 13.8. The summed E-state index contributed by atoms with van der Waals surface area (Å²) in [7, 11) is 1.29. The number of benzene rings is 2. The SMILES string of the molecule is COC(=O)c1ccc(-c2nn(Cc3ccccc3)c3cc(F)ccc23)o1. The quantitative estimate of drug-likeness (QED) is 0.516. The number of halogens is 1. The van der Waals surface area contributed by atoms with Gasteiger partial charge in [-0.15, -0.1) is 0 Å². The molecule has 0 spiro atoms. The first-order chi connectivity index (χ1) is 12.7.